The third-order valence-electron chi connectivity index (χ3n) is 6.06. The predicted octanol–water partition coefficient (Wildman–Crippen LogP) is 1.14. The maximum atomic E-state index is 12.3. The number of aromatic amines is 1. The molecule has 3 N–H and O–H groups in total. The van der Waals surface area contributed by atoms with Crippen LogP contribution in [-0.2, 0) is 16.1 Å². The number of hydrogen-bond donors (Lipinski definition) is 3. The van der Waals surface area contributed by atoms with Gasteiger partial charge in [0.1, 0.15) is 12.2 Å². The Hall–Kier alpha value is -1.92. The molecular weight excluding hydrogens is 306 g/mol. The zero-order valence-corrected chi connectivity index (χ0v) is 13.9. The summed E-state index contributed by atoms with van der Waals surface area (Å²) in [6, 6.07) is 0. The Kier molecular flexibility index (Phi) is 4.02. The Balaban J connectivity index is 1.23. The van der Waals surface area contributed by atoms with Crippen LogP contribution >= 0.6 is 0 Å². The highest BCUT2D eigenvalue weighted by Gasteiger charge is 2.51. The largest absolute Gasteiger partial charge is 0.347 e. The van der Waals surface area contributed by atoms with Gasteiger partial charge in [0.05, 0.1) is 13.1 Å². The van der Waals surface area contributed by atoms with Crippen molar-refractivity contribution >= 4 is 11.8 Å². The number of H-pyrrole nitrogens is 1. The van der Waals surface area contributed by atoms with Crippen molar-refractivity contribution in [3.05, 3.63) is 12.2 Å². The topological polar surface area (TPSA) is 99.8 Å². The van der Waals surface area contributed by atoms with E-state index in [-0.39, 0.29) is 23.8 Å². The molecule has 0 radical (unpaired) electrons. The molecule has 130 valence electrons. The van der Waals surface area contributed by atoms with E-state index < -0.39 is 0 Å². The van der Waals surface area contributed by atoms with Crippen LogP contribution in [0.4, 0.5) is 0 Å². The first-order chi connectivity index (χ1) is 11.6. The molecule has 0 atom stereocenters. The number of amides is 2. The van der Waals surface area contributed by atoms with E-state index in [9.17, 15) is 9.59 Å². The Morgan fingerprint density at radius 2 is 1.75 bits per heavy atom. The van der Waals surface area contributed by atoms with Gasteiger partial charge in [0.2, 0.25) is 11.8 Å². The van der Waals surface area contributed by atoms with Gasteiger partial charge in [-0.2, -0.15) is 5.10 Å². The van der Waals surface area contributed by atoms with E-state index in [0.717, 1.165) is 17.8 Å². The lowest BCUT2D eigenvalue weighted by atomic mass is 9.49. The third-order valence-corrected chi connectivity index (χ3v) is 6.06. The quantitative estimate of drug-likeness (QED) is 0.728. The molecule has 4 saturated carbocycles. The fourth-order valence-corrected chi connectivity index (χ4v) is 5.65. The van der Waals surface area contributed by atoms with Crippen LogP contribution in [0, 0.1) is 23.2 Å². The van der Waals surface area contributed by atoms with Gasteiger partial charge in [0.25, 0.3) is 0 Å². The summed E-state index contributed by atoms with van der Waals surface area (Å²) in [5.74, 6) is 2.94. The van der Waals surface area contributed by atoms with Crippen LogP contribution in [0.1, 0.15) is 50.8 Å². The summed E-state index contributed by atoms with van der Waals surface area (Å²) in [5, 5.41) is 11.9. The van der Waals surface area contributed by atoms with E-state index in [2.05, 4.69) is 25.8 Å². The smallest absolute Gasteiger partial charge is 0.239 e. The fourth-order valence-electron chi connectivity index (χ4n) is 5.65. The summed E-state index contributed by atoms with van der Waals surface area (Å²) in [7, 11) is 0. The fraction of sp³-hybridized carbons (Fsp3) is 0.765. The van der Waals surface area contributed by atoms with Crippen LogP contribution in [0.25, 0.3) is 0 Å². The Labute approximate surface area is 141 Å². The molecule has 4 aliphatic rings. The number of carbonyl (C=O) groups is 2. The molecule has 0 spiro atoms. The molecule has 4 bridgehead atoms. The van der Waals surface area contributed by atoms with Crippen LogP contribution < -0.4 is 10.6 Å². The molecule has 0 aliphatic heterocycles. The molecule has 0 aromatic carbocycles. The van der Waals surface area contributed by atoms with E-state index >= 15 is 0 Å². The van der Waals surface area contributed by atoms with Gasteiger partial charge in [-0.15, -0.1) is 0 Å². The maximum absolute atomic E-state index is 12.3. The summed E-state index contributed by atoms with van der Waals surface area (Å²) in [6.07, 6.45) is 9.76. The Morgan fingerprint density at radius 1 is 1.08 bits per heavy atom. The van der Waals surface area contributed by atoms with Crippen molar-refractivity contribution in [1.82, 2.24) is 25.8 Å². The average Bonchev–Trinajstić information content (AvgIpc) is 3.02. The molecule has 1 heterocycles. The highest BCUT2D eigenvalue weighted by Crippen LogP contribution is 2.61. The lowest BCUT2D eigenvalue weighted by Crippen LogP contribution is -2.48. The van der Waals surface area contributed by atoms with Gasteiger partial charge in [0, 0.05) is 6.42 Å². The van der Waals surface area contributed by atoms with E-state index in [1.54, 1.807) is 0 Å². The van der Waals surface area contributed by atoms with Crippen molar-refractivity contribution in [3.8, 4) is 0 Å². The second kappa shape index (κ2) is 6.18. The molecule has 7 heteroatoms. The molecule has 24 heavy (non-hydrogen) atoms. The summed E-state index contributed by atoms with van der Waals surface area (Å²) in [4.78, 5) is 28.1. The SMILES string of the molecule is O=C(CNC(=O)CC12CC3CC(CC(C3)C1)C2)NCc1ncn[nH]1. The summed E-state index contributed by atoms with van der Waals surface area (Å²) >= 11 is 0. The molecule has 5 rings (SSSR count). The molecule has 0 saturated heterocycles. The van der Waals surface area contributed by atoms with Crippen molar-refractivity contribution in [3.63, 3.8) is 0 Å². The third kappa shape index (κ3) is 3.30. The molecule has 2 amide bonds. The number of aromatic nitrogens is 3. The van der Waals surface area contributed by atoms with Crippen LogP contribution in [-0.4, -0.2) is 33.5 Å². The van der Waals surface area contributed by atoms with Crippen LogP contribution in [0.2, 0.25) is 0 Å². The van der Waals surface area contributed by atoms with Gasteiger partial charge < -0.3 is 10.6 Å². The monoisotopic (exact) mass is 331 g/mol. The second-order valence-electron chi connectivity index (χ2n) is 8.08. The van der Waals surface area contributed by atoms with E-state index in [1.807, 2.05) is 0 Å². The van der Waals surface area contributed by atoms with Gasteiger partial charge in [0.15, 0.2) is 0 Å². The highest BCUT2D eigenvalue weighted by molar-refractivity contribution is 5.84. The zero-order valence-electron chi connectivity index (χ0n) is 13.9. The first kappa shape index (κ1) is 15.6. The van der Waals surface area contributed by atoms with Gasteiger partial charge in [-0.3, -0.25) is 14.7 Å². The van der Waals surface area contributed by atoms with Crippen molar-refractivity contribution in [1.29, 1.82) is 0 Å². The van der Waals surface area contributed by atoms with Crippen LogP contribution in [0.5, 0.6) is 0 Å². The molecule has 4 fully saturated rings. The lowest BCUT2D eigenvalue weighted by Gasteiger charge is -2.56. The van der Waals surface area contributed by atoms with Gasteiger partial charge in [-0.05, 0) is 61.7 Å². The zero-order chi connectivity index (χ0) is 16.6. The Bertz CT molecular complexity index is 577. The molecule has 1 aromatic heterocycles. The minimum atomic E-state index is -0.203. The first-order valence-electron chi connectivity index (χ1n) is 8.98. The summed E-state index contributed by atoms with van der Waals surface area (Å²) < 4.78 is 0. The molecule has 4 aliphatic carbocycles. The van der Waals surface area contributed by atoms with E-state index in [0.29, 0.717) is 18.8 Å². The number of carbonyl (C=O) groups excluding carboxylic acids is 2. The molecular formula is C17H25N5O2. The highest BCUT2D eigenvalue weighted by atomic mass is 16.2. The summed E-state index contributed by atoms with van der Waals surface area (Å²) in [6.45, 7) is 0.322. The van der Waals surface area contributed by atoms with Gasteiger partial charge in [-0.25, -0.2) is 4.98 Å². The number of nitrogens with one attached hydrogen (secondary N) is 3. The molecule has 1 aromatic rings. The standard InChI is InChI=1S/C17H25N5O2/c23-15(19-9-16(24)18-8-14-20-10-21-22-14)7-17-4-11-1-12(5-17)3-13(2-11)6-17/h10-13H,1-9H2,(H,18,24)(H,19,23)(H,20,21,22). The van der Waals surface area contributed by atoms with E-state index in [4.69, 9.17) is 0 Å². The van der Waals surface area contributed by atoms with Gasteiger partial charge >= 0.3 is 0 Å². The van der Waals surface area contributed by atoms with Crippen LogP contribution in [0.3, 0.4) is 0 Å². The molecule has 7 nitrogen and oxygen atoms in total. The predicted molar refractivity (Wildman–Crippen MR) is 86.5 cm³/mol. The minimum Gasteiger partial charge on any atom is -0.347 e. The average molecular weight is 331 g/mol. The van der Waals surface area contributed by atoms with Crippen LogP contribution in [0.15, 0.2) is 6.33 Å². The Morgan fingerprint density at radius 3 is 2.33 bits per heavy atom. The number of rotatable bonds is 6. The van der Waals surface area contributed by atoms with Crippen molar-refractivity contribution < 1.29 is 9.59 Å². The molecule has 0 unspecified atom stereocenters. The summed E-state index contributed by atoms with van der Waals surface area (Å²) in [5.41, 5.74) is 0.217. The van der Waals surface area contributed by atoms with Gasteiger partial charge in [-0.1, -0.05) is 0 Å². The lowest BCUT2D eigenvalue weighted by molar-refractivity contribution is -0.131. The van der Waals surface area contributed by atoms with Crippen molar-refractivity contribution in [2.75, 3.05) is 6.54 Å². The number of nitrogens with zero attached hydrogens (tertiary/aromatic N) is 2. The number of hydrogen-bond acceptors (Lipinski definition) is 4. The second-order valence-corrected chi connectivity index (χ2v) is 8.08. The van der Waals surface area contributed by atoms with Crippen molar-refractivity contribution in [2.45, 2.75) is 51.5 Å². The van der Waals surface area contributed by atoms with Crippen molar-refractivity contribution in [2.24, 2.45) is 23.2 Å². The normalized spacial score (nSPS) is 33.4. The first-order valence-corrected chi connectivity index (χ1v) is 8.98. The minimum absolute atomic E-state index is 0.0202. The van der Waals surface area contributed by atoms with E-state index in [1.165, 1.54) is 44.9 Å². The maximum Gasteiger partial charge on any atom is 0.239 e.